The second-order valence-corrected chi connectivity index (χ2v) is 5.00. The summed E-state index contributed by atoms with van der Waals surface area (Å²) in [6.45, 7) is 2.23. The Bertz CT molecular complexity index is 527. The number of nitrogens with one attached hydrogen (secondary N) is 2. The van der Waals surface area contributed by atoms with Crippen LogP contribution in [0.1, 0.15) is 6.92 Å². The summed E-state index contributed by atoms with van der Waals surface area (Å²) in [5.74, 6) is 0. The van der Waals surface area contributed by atoms with Gasteiger partial charge in [0.05, 0.1) is 4.92 Å². The molecule has 0 radical (unpaired) electrons. The highest BCUT2D eigenvalue weighted by molar-refractivity contribution is 7.89. The van der Waals surface area contributed by atoms with Crippen molar-refractivity contribution in [3.63, 3.8) is 0 Å². The van der Waals surface area contributed by atoms with Crippen molar-refractivity contribution in [1.29, 1.82) is 0 Å². The molecule has 0 heterocycles. The molecule has 1 aromatic rings. The minimum absolute atomic E-state index is 0.189. The van der Waals surface area contributed by atoms with Crippen LogP contribution in [0, 0.1) is 10.1 Å². The smallest absolute Gasteiger partial charge is 0.312 e. The molecule has 17 heavy (non-hydrogen) atoms. The van der Waals surface area contributed by atoms with E-state index < -0.39 is 20.6 Å². The Balaban J connectivity index is 3.51. The molecule has 0 aliphatic carbocycles. The molecule has 0 bridgehead atoms. The van der Waals surface area contributed by atoms with Crippen LogP contribution in [-0.4, -0.2) is 26.9 Å². The summed E-state index contributed by atoms with van der Waals surface area (Å²) in [5.41, 5.74) is -0.252. The number of para-hydroxylation sites is 1. The Hall–Kier alpha value is -1.67. The summed E-state index contributed by atoms with van der Waals surface area (Å²) < 4.78 is 25.3. The SMILES string of the molecule is CCNc1cccc(S(=O)(=O)NC)c1[N+](=O)[O-]. The molecule has 94 valence electrons. The van der Waals surface area contributed by atoms with Crippen molar-refractivity contribution in [2.24, 2.45) is 0 Å². The van der Waals surface area contributed by atoms with E-state index in [-0.39, 0.29) is 10.6 Å². The van der Waals surface area contributed by atoms with Gasteiger partial charge in [-0.3, -0.25) is 10.1 Å². The van der Waals surface area contributed by atoms with Gasteiger partial charge in [0.15, 0.2) is 4.90 Å². The standard InChI is InChI=1S/C9H13N3O4S/c1-3-11-7-5-4-6-8(9(7)12(13)14)17(15,16)10-2/h4-6,10-11H,3H2,1-2H3. The largest absolute Gasteiger partial charge is 0.380 e. The minimum Gasteiger partial charge on any atom is -0.380 e. The van der Waals surface area contributed by atoms with E-state index in [1.54, 1.807) is 6.92 Å². The molecular formula is C9H13N3O4S. The van der Waals surface area contributed by atoms with E-state index in [4.69, 9.17) is 0 Å². The fourth-order valence-corrected chi connectivity index (χ4v) is 2.29. The van der Waals surface area contributed by atoms with Crippen LogP contribution in [0.15, 0.2) is 23.1 Å². The third kappa shape index (κ3) is 2.71. The number of nitro groups is 1. The number of benzene rings is 1. The van der Waals surface area contributed by atoms with Gasteiger partial charge < -0.3 is 5.32 Å². The number of nitrogens with zero attached hydrogens (tertiary/aromatic N) is 1. The van der Waals surface area contributed by atoms with Crippen LogP contribution in [0.2, 0.25) is 0 Å². The number of hydrogen-bond donors (Lipinski definition) is 2. The lowest BCUT2D eigenvalue weighted by molar-refractivity contribution is -0.386. The van der Waals surface area contributed by atoms with E-state index in [9.17, 15) is 18.5 Å². The third-order valence-electron chi connectivity index (χ3n) is 2.11. The Kier molecular flexibility index (Phi) is 4.02. The molecule has 1 rings (SSSR count). The van der Waals surface area contributed by atoms with Crippen molar-refractivity contribution in [3.05, 3.63) is 28.3 Å². The summed E-state index contributed by atoms with van der Waals surface area (Å²) in [6, 6.07) is 4.12. The topological polar surface area (TPSA) is 101 Å². The molecule has 0 spiro atoms. The predicted molar refractivity (Wildman–Crippen MR) is 63.5 cm³/mol. The average molecular weight is 259 g/mol. The number of nitro benzene ring substituents is 1. The summed E-state index contributed by atoms with van der Waals surface area (Å²) in [6.07, 6.45) is 0. The first kappa shape index (κ1) is 13.4. The predicted octanol–water partition coefficient (Wildman–Crippen LogP) is 0.935. The van der Waals surface area contributed by atoms with Crippen molar-refractivity contribution in [3.8, 4) is 0 Å². The average Bonchev–Trinajstić information content (AvgIpc) is 2.29. The summed E-state index contributed by atoms with van der Waals surface area (Å²) in [5, 5.41) is 13.7. The molecule has 0 amide bonds. The zero-order valence-electron chi connectivity index (χ0n) is 9.43. The van der Waals surface area contributed by atoms with Crippen molar-refractivity contribution < 1.29 is 13.3 Å². The number of hydrogen-bond acceptors (Lipinski definition) is 5. The van der Waals surface area contributed by atoms with E-state index in [1.165, 1.54) is 25.2 Å². The maximum absolute atomic E-state index is 11.6. The summed E-state index contributed by atoms with van der Waals surface area (Å²) in [7, 11) is -2.64. The highest BCUT2D eigenvalue weighted by Gasteiger charge is 2.27. The van der Waals surface area contributed by atoms with Crippen molar-refractivity contribution in [1.82, 2.24) is 4.72 Å². The van der Waals surface area contributed by atoms with E-state index in [2.05, 4.69) is 10.0 Å². The summed E-state index contributed by atoms with van der Waals surface area (Å²) >= 11 is 0. The lowest BCUT2D eigenvalue weighted by Crippen LogP contribution is -2.20. The van der Waals surface area contributed by atoms with E-state index in [0.717, 1.165) is 0 Å². The molecule has 0 fully saturated rings. The van der Waals surface area contributed by atoms with E-state index in [1.807, 2.05) is 0 Å². The second kappa shape index (κ2) is 5.11. The molecule has 0 saturated heterocycles. The first-order chi connectivity index (χ1) is 7.94. The first-order valence-electron chi connectivity index (χ1n) is 4.89. The van der Waals surface area contributed by atoms with Crippen LogP contribution in [0.5, 0.6) is 0 Å². The Labute approximate surface area is 99.0 Å². The van der Waals surface area contributed by atoms with Gasteiger partial charge in [-0.05, 0) is 26.1 Å². The number of rotatable bonds is 5. The monoisotopic (exact) mass is 259 g/mol. The lowest BCUT2D eigenvalue weighted by Gasteiger charge is -2.08. The van der Waals surface area contributed by atoms with Crippen molar-refractivity contribution in [2.75, 3.05) is 18.9 Å². The normalized spacial score (nSPS) is 11.2. The first-order valence-corrected chi connectivity index (χ1v) is 6.37. The fraction of sp³-hybridized carbons (Fsp3) is 0.333. The van der Waals surface area contributed by atoms with Gasteiger partial charge in [-0.25, -0.2) is 13.1 Å². The molecule has 0 aliphatic heterocycles. The third-order valence-corrected chi connectivity index (χ3v) is 3.55. The highest BCUT2D eigenvalue weighted by atomic mass is 32.2. The van der Waals surface area contributed by atoms with Crippen molar-refractivity contribution in [2.45, 2.75) is 11.8 Å². The molecule has 0 aromatic heterocycles. The Morgan fingerprint density at radius 1 is 1.41 bits per heavy atom. The van der Waals surface area contributed by atoms with Gasteiger partial charge in [0.1, 0.15) is 5.69 Å². The zero-order chi connectivity index (χ0) is 13.1. The lowest BCUT2D eigenvalue weighted by atomic mass is 10.2. The Morgan fingerprint density at radius 3 is 2.53 bits per heavy atom. The van der Waals surface area contributed by atoms with Gasteiger partial charge in [0, 0.05) is 6.54 Å². The van der Waals surface area contributed by atoms with Gasteiger partial charge in [0.25, 0.3) is 0 Å². The van der Waals surface area contributed by atoms with Gasteiger partial charge in [-0.1, -0.05) is 6.07 Å². The number of sulfonamides is 1. The van der Waals surface area contributed by atoms with Crippen LogP contribution in [0.3, 0.4) is 0 Å². The van der Waals surface area contributed by atoms with Crippen molar-refractivity contribution >= 4 is 21.4 Å². The second-order valence-electron chi connectivity index (χ2n) is 3.15. The maximum Gasteiger partial charge on any atom is 0.312 e. The van der Waals surface area contributed by atoms with E-state index >= 15 is 0 Å². The van der Waals surface area contributed by atoms with Crippen LogP contribution >= 0.6 is 0 Å². The summed E-state index contributed by atoms with van der Waals surface area (Å²) in [4.78, 5) is 9.90. The van der Waals surface area contributed by atoms with Crippen LogP contribution in [0.25, 0.3) is 0 Å². The minimum atomic E-state index is -3.85. The molecule has 0 unspecified atom stereocenters. The zero-order valence-corrected chi connectivity index (χ0v) is 10.2. The van der Waals surface area contributed by atoms with Gasteiger partial charge in [-0.15, -0.1) is 0 Å². The van der Waals surface area contributed by atoms with E-state index in [0.29, 0.717) is 6.54 Å². The van der Waals surface area contributed by atoms with Gasteiger partial charge in [-0.2, -0.15) is 0 Å². The molecular weight excluding hydrogens is 246 g/mol. The number of anilines is 1. The molecule has 7 nitrogen and oxygen atoms in total. The highest BCUT2D eigenvalue weighted by Crippen LogP contribution is 2.31. The van der Waals surface area contributed by atoms with Crippen LogP contribution < -0.4 is 10.0 Å². The maximum atomic E-state index is 11.6. The quantitative estimate of drug-likeness (QED) is 0.605. The van der Waals surface area contributed by atoms with Gasteiger partial charge in [0.2, 0.25) is 10.0 Å². The fourth-order valence-electron chi connectivity index (χ4n) is 1.37. The molecule has 0 aliphatic rings. The van der Waals surface area contributed by atoms with Crippen LogP contribution in [-0.2, 0) is 10.0 Å². The van der Waals surface area contributed by atoms with Gasteiger partial charge >= 0.3 is 5.69 Å². The van der Waals surface area contributed by atoms with Crippen LogP contribution in [0.4, 0.5) is 11.4 Å². The molecule has 8 heteroatoms. The molecule has 0 saturated carbocycles. The molecule has 1 aromatic carbocycles. The Morgan fingerprint density at radius 2 is 2.06 bits per heavy atom. The molecule has 0 atom stereocenters. The molecule has 2 N–H and O–H groups in total.